The molecule has 3 rings (SSSR count). The van der Waals surface area contributed by atoms with Gasteiger partial charge in [-0.3, -0.25) is 4.79 Å². The molecular formula is C14H15ClN4OS. The second-order valence-electron chi connectivity index (χ2n) is 4.78. The first-order chi connectivity index (χ1) is 10.2. The van der Waals surface area contributed by atoms with E-state index in [1.165, 1.54) is 0 Å². The number of carbonyl (C=O) groups is 1. The Morgan fingerprint density at radius 1 is 1.43 bits per heavy atom. The summed E-state index contributed by atoms with van der Waals surface area (Å²) >= 11 is 7.75. The maximum Gasteiger partial charge on any atom is 0.233 e. The number of halogens is 1. The molecule has 1 saturated heterocycles. The number of benzene rings is 1. The van der Waals surface area contributed by atoms with E-state index in [1.54, 1.807) is 16.4 Å². The SMILES string of the molecule is CCN1C(=O)CS[C@H]1c1cn(Cc2ccccc2Cl)nn1. The Morgan fingerprint density at radius 2 is 2.24 bits per heavy atom. The van der Waals surface area contributed by atoms with Gasteiger partial charge in [-0.2, -0.15) is 0 Å². The van der Waals surface area contributed by atoms with Gasteiger partial charge in [-0.1, -0.05) is 35.0 Å². The summed E-state index contributed by atoms with van der Waals surface area (Å²) in [7, 11) is 0. The minimum Gasteiger partial charge on any atom is -0.324 e. The number of hydrogen-bond donors (Lipinski definition) is 0. The molecule has 1 amide bonds. The van der Waals surface area contributed by atoms with Crippen molar-refractivity contribution in [2.24, 2.45) is 0 Å². The van der Waals surface area contributed by atoms with Gasteiger partial charge >= 0.3 is 0 Å². The third kappa shape index (κ3) is 2.91. The van der Waals surface area contributed by atoms with Gasteiger partial charge in [0.15, 0.2) is 0 Å². The highest BCUT2D eigenvalue weighted by atomic mass is 35.5. The molecule has 0 bridgehead atoms. The van der Waals surface area contributed by atoms with Crippen molar-refractivity contribution in [1.29, 1.82) is 0 Å². The van der Waals surface area contributed by atoms with E-state index in [4.69, 9.17) is 11.6 Å². The zero-order valence-electron chi connectivity index (χ0n) is 11.6. The van der Waals surface area contributed by atoms with Gasteiger partial charge in [-0.05, 0) is 18.6 Å². The quantitative estimate of drug-likeness (QED) is 0.868. The van der Waals surface area contributed by atoms with E-state index < -0.39 is 0 Å². The molecular weight excluding hydrogens is 308 g/mol. The average molecular weight is 323 g/mol. The first-order valence-corrected chi connectivity index (χ1v) is 8.16. The van der Waals surface area contributed by atoms with Gasteiger partial charge in [-0.25, -0.2) is 4.68 Å². The third-order valence-corrected chi connectivity index (χ3v) is 5.00. The smallest absolute Gasteiger partial charge is 0.233 e. The highest BCUT2D eigenvalue weighted by Crippen LogP contribution is 2.37. The lowest BCUT2D eigenvalue weighted by Crippen LogP contribution is -2.27. The van der Waals surface area contributed by atoms with Crippen molar-refractivity contribution >= 4 is 29.3 Å². The molecule has 2 heterocycles. The standard InChI is InChI=1S/C14H15ClN4OS/c1-2-19-13(20)9-21-14(19)12-8-18(17-16-12)7-10-5-3-4-6-11(10)15/h3-6,8,14H,2,7,9H2,1H3/t14-/m0/s1. The monoisotopic (exact) mass is 322 g/mol. The summed E-state index contributed by atoms with van der Waals surface area (Å²) in [4.78, 5) is 13.6. The predicted molar refractivity (Wildman–Crippen MR) is 83.2 cm³/mol. The molecule has 1 aliphatic rings. The van der Waals surface area contributed by atoms with Crippen molar-refractivity contribution in [3.8, 4) is 0 Å². The third-order valence-electron chi connectivity index (χ3n) is 3.41. The molecule has 1 aliphatic heterocycles. The molecule has 0 N–H and O–H groups in total. The van der Waals surface area contributed by atoms with Crippen LogP contribution in [0.25, 0.3) is 0 Å². The Kier molecular flexibility index (Phi) is 4.17. The fourth-order valence-corrected chi connectivity index (χ4v) is 3.73. The van der Waals surface area contributed by atoms with Crippen molar-refractivity contribution < 1.29 is 4.79 Å². The number of aromatic nitrogens is 3. The number of rotatable bonds is 4. The van der Waals surface area contributed by atoms with Crippen LogP contribution >= 0.6 is 23.4 Å². The van der Waals surface area contributed by atoms with Crippen LogP contribution < -0.4 is 0 Å². The first-order valence-electron chi connectivity index (χ1n) is 6.73. The summed E-state index contributed by atoms with van der Waals surface area (Å²) in [5.41, 5.74) is 1.82. The van der Waals surface area contributed by atoms with Crippen LogP contribution in [0, 0.1) is 0 Å². The van der Waals surface area contributed by atoms with Gasteiger partial charge in [0.25, 0.3) is 0 Å². The van der Waals surface area contributed by atoms with Crippen LogP contribution in [0.1, 0.15) is 23.6 Å². The second kappa shape index (κ2) is 6.07. The van der Waals surface area contributed by atoms with Gasteiger partial charge in [0.1, 0.15) is 11.1 Å². The molecule has 1 atom stereocenters. The molecule has 0 spiro atoms. The molecule has 2 aromatic rings. The maximum absolute atomic E-state index is 11.8. The van der Waals surface area contributed by atoms with Gasteiger partial charge in [0, 0.05) is 11.6 Å². The summed E-state index contributed by atoms with van der Waals surface area (Å²) in [6.45, 7) is 3.24. The summed E-state index contributed by atoms with van der Waals surface area (Å²) < 4.78 is 1.76. The molecule has 0 radical (unpaired) electrons. The molecule has 1 aromatic carbocycles. The van der Waals surface area contributed by atoms with Crippen molar-refractivity contribution in [3.05, 3.63) is 46.7 Å². The van der Waals surface area contributed by atoms with E-state index in [-0.39, 0.29) is 11.3 Å². The largest absolute Gasteiger partial charge is 0.324 e. The molecule has 1 aromatic heterocycles. The molecule has 1 fully saturated rings. The van der Waals surface area contributed by atoms with Crippen molar-refractivity contribution in [3.63, 3.8) is 0 Å². The van der Waals surface area contributed by atoms with Gasteiger partial charge < -0.3 is 4.90 Å². The Balaban J connectivity index is 1.78. The van der Waals surface area contributed by atoms with Crippen LogP contribution in [0.3, 0.4) is 0 Å². The summed E-state index contributed by atoms with van der Waals surface area (Å²) in [6, 6.07) is 7.68. The van der Waals surface area contributed by atoms with E-state index in [2.05, 4.69) is 10.3 Å². The number of amides is 1. The highest BCUT2D eigenvalue weighted by molar-refractivity contribution is 8.00. The Hall–Kier alpha value is -1.53. The highest BCUT2D eigenvalue weighted by Gasteiger charge is 2.33. The van der Waals surface area contributed by atoms with Gasteiger partial charge in [-0.15, -0.1) is 16.9 Å². The van der Waals surface area contributed by atoms with Crippen LogP contribution in [0.2, 0.25) is 5.02 Å². The van der Waals surface area contributed by atoms with Crippen molar-refractivity contribution in [2.45, 2.75) is 18.8 Å². The zero-order chi connectivity index (χ0) is 14.8. The van der Waals surface area contributed by atoms with Crippen LogP contribution in [-0.2, 0) is 11.3 Å². The van der Waals surface area contributed by atoms with Gasteiger partial charge in [0.05, 0.1) is 18.5 Å². The predicted octanol–water partition coefficient (Wildman–Crippen LogP) is 2.57. The summed E-state index contributed by atoms with van der Waals surface area (Å²) in [6.07, 6.45) is 1.89. The Labute approximate surface area is 132 Å². The summed E-state index contributed by atoms with van der Waals surface area (Å²) in [5.74, 6) is 0.670. The zero-order valence-corrected chi connectivity index (χ0v) is 13.1. The Bertz CT molecular complexity index is 660. The molecule has 0 saturated carbocycles. The van der Waals surface area contributed by atoms with Gasteiger partial charge in [0.2, 0.25) is 5.91 Å². The fourth-order valence-electron chi connectivity index (χ4n) is 2.35. The number of thioether (sulfide) groups is 1. The lowest BCUT2D eigenvalue weighted by atomic mass is 10.2. The molecule has 5 nitrogen and oxygen atoms in total. The average Bonchev–Trinajstić information content (AvgIpc) is 3.07. The lowest BCUT2D eigenvalue weighted by Gasteiger charge is -2.19. The molecule has 7 heteroatoms. The maximum atomic E-state index is 11.8. The number of hydrogen-bond acceptors (Lipinski definition) is 4. The van der Waals surface area contributed by atoms with E-state index in [0.717, 1.165) is 16.3 Å². The van der Waals surface area contributed by atoms with E-state index in [1.807, 2.05) is 42.3 Å². The normalized spacial score (nSPS) is 18.5. The minimum atomic E-state index is -0.0255. The topological polar surface area (TPSA) is 51.0 Å². The molecule has 21 heavy (non-hydrogen) atoms. The van der Waals surface area contributed by atoms with Crippen molar-refractivity contribution in [2.75, 3.05) is 12.3 Å². The minimum absolute atomic E-state index is 0.0255. The lowest BCUT2D eigenvalue weighted by molar-refractivity contribution is -0.127. The van der Waals surface area contributed by atoms with E-state index >= 15 is 0 Å². The Morgan fingerprint density at radius 3 is 3.00 bits per heavy atom. The van der Waals surface area contributed by atoms with Crippen LogP contribution in [0.5, 0.6) is 0 Å². The van der Waals surface area contributed by atoms with E-state index in [9.17, 15) is 4.79 Å². The summed E-state index contributed by atoms with van der Waals surface area (Å²) in [5, 5.41) is 9.05. The number of nitrogens with zero attached hydrogens (tertiary/aromatic N) is 4. The van der Waals surface area contributed by atoms with Crippen LogP contribution in [0.4, 0.5) is 0 Å². The molecule has 110 valence electrons. The van der Waals surface area contributed by atoms with Crippen LogP contribution in [-0.4, -0.2) is 38.1 Å². The molecule has 0 aliphatic carbocycles. The first kappa shape index (κ1) is 14.4. The number of carbonyl (C=O) groups excluding carboxylic acids is 1. The van der Waals surface area contributed by atoms with E-state index in [0.29, 0.717) is 18.8 Å². The fraction of sp³-hybridized carbons (Fsp3) is 0.357. The molecule has 0 unspecified atom stereocenters. The van der Waals surface area contributed by atoms with Crippen LogP contribution in [0.15, 0.2) is 30.5 Å². The second-order valence-corrected chi connectivity index (χ2v) is 6.25. The van der Waals surface area contributed by atoms with Crippen molar-refractivity contribution in [1.82, 2.24) is 19.9 Å².